The van der Waals surface area contributed by atoms with Crippen LogP contribution in [-0.2, 0) is 0 Å². The zero-order valence-electron chi connectivity index (χ0n) is 7.31. The maximum absolute atomic E-state index is 11.4. The fourth-order valence-electron chi connectivity index (χ4n) is 0.951. The third-order valence-corrected chi connectivity index (χ3v) is 4.58. The maximum atomic E-state index is 11.4. The van der Waals surface area contributed by atoms with Crippen LogP contribution in [0.5, 0.6) is 5.75 Å². The quantitative estimate of drug-likeness (QED) is 0.413. The van der Waals surface area contributed by atoms with Crippen LogP contribution in [0.25, 0.3) is 0 Å². The maximum Gasteiger partial charge on any atom is 0.173 e. The molecule has 0 unspecified atom stereocenters. The molecule has 0 aliphatic rings. The first-order chi connectivity index (χ1) is 6.60. The highest BCUT2D eigenvalue weighted by Crippen LogP contribution is 2.31. The van der Waals surface area contributed by atoms with Gasteiger partial charge in [-0.25, -0.2) is 0 Å². The van der Waals surface area contributed by atoms with Crippen molar-refractivity contribution in [2.24, 2.45) is 0 Å². The standard InChI is InChI=1S/C9H7Br2IO2/c1-14-8-3-5(7(13)4-10)2-6(12)9(8)11/h2-3H,4H2,1H3. The number of methoxy groups -OCH3 is 1. The monoisotopic (exact) mass is 432 g/mol. The molecule has 0 N–H and O–H groups in total. The first-order valence-corrected chi connectivity index (χ1v) is 6.71. The molecule has 1 aromatic carbocycles. The van der Waals surface area contributed by atoms with E-state index >= 15 is 0 Å². The Bertz CT molecular complexity index is 366. The van der Waals surface area contributed by atoms with Crippen molar-refractivity contribution >= 4 is 60.2 Å². The molecule has 0 heterocycles. The highest BCUT2D eigenvalue weighted by Gasteiger charge is 2.11. The van der Waals surface area contributed by atoms with E-state index in [0.29, 0.717) is 16.6 Å². The van der Waals surface area contributed by atoms with Crippen molar-refractivity contribution in [3.8, 4) is 5.75 Å². The number of rotatable bonds is 3. The average molecular weight is 434 g/mol. The van der Waals surface area contributed by atoms with Gasteiger partial charge in [0.1, 0.15) is 5.75 Å². The molecule has 0 fully saturated rings. The lowest BCUT2D eigenvalue weighted by molar-refractivity contribution is 0.102. The lowest BCUT2D eigenvalue weighted by Gasteiger charge is -2.07. The van der Waals surface area contributed by atoms with Crippen molar-refractivity contribution in [1.82, 2.24) is 0 Å². The molecule has 0 aromatic heterocycles. The van der Waals surface area contributed by atoms with E-state index in [4.69, 9.17) is 4.74 Å². The molecule has 0 amide bonds. The van der Waals surface area contributed by atoms with Gasteiger partial charge in [0.05, 0.1) is 16.9 Å². The summed E-state index contributed by atoms with van der Waals surface area (Å²) in [4.78, 5) is 11.4. The predicted octanol–water partition coefficient (Wildman–Crippen LogP) is 3.64. The van der Waals surface area contributed by atoms with E-state index in [-0.39, 0.29) is 5.78 Å². The summed E-state index contributed by atoms with van der Waals surface area (Å²) in [6, 6.07) is 3.56. The van der Waals surface area contributed by atoms with E-state index in [2.05, 4.69) is 54.5 Å². The molecule has 1 aromatic rings. The van der Waals surface area contributed by atoms with Gasteiger partial charge in [-0.3, -0.25) is 4.79 Å². The van der Waals surface area contributed by atoms with Gasteiger partial charge in [-0.05, 0) is 50.7 Å². The second-order valence-electron chi connectivity index (χ2n) is 2.53. The minimum atomic E-state index is 0.0497. The fourth-order valence-corrected chi connectivity index (χ4v) is 2.27. The van der Waals surface area contributed by atoms with Crippen molar-refractivity contribution in [2.45, 2.75) is 0 Å². The molecule has 1 rings (SSSR count). The van der Waals surface area contributed by atoms with Crippen molar-refractivity contribution in [3.63, 3.8) is 0 Å². The van der Waals surface area contributed by atoms with Gasteiger partial charge in [-0.2, -0.15) is 0 Å². The summed E-state index contributed by atoms with van der Waals surface area (Å²) in [7, 11) is 1.58. The zero-order valence-corrected chi connectivity index (χ0v) is 12.6. The number of alkyl halides is 1. The van der Waals surface area contributed by atoms with Crippen LogP contribution in [0.3, 0.4) is 0 Å². The van der Waals surface area contributed by atoms with Crippen LogP contribution in [0.2, 0.25) is 0 Å². The van der Waals surface area contributed by atoms with Gasteiger partial charge in [0.15, 0.2) is 5.78 Å². The Hall–Kier alpha value is 0.380. The SMILES string of the molecule is COc1cc(C(=O)CBr)cc(I)c1Br. The molecule has 14 heavy (non-hydrogen) atoms. The summed E-state index contributed by atoms with van der Waals surface area (Å²) in [5.41, 5.74) is 0.659. The first kappa shape index (κ1) is 12.4. The molecule has 0 spiro atoms. The smallest absolute Gasteiger partial charge is 0.173 e. The lowest BCUT2D eigenvalue weighted by atomic mass is 10.1. The molecule has 0 bridgehead atoms. The third-order valence-electron chi connectivity index (χ3n) is 1.66. The van der Waals surface area contributed by atoms with Gasteiger partial charge in [0, 0.05) is 9.13 Å². The summed E-state index contributed by atoms with van der Waals surface area (Å²) in [5.74, 6) is 0.731. The van der Waals surface area contributed by atoms with Gasteiger partial charge in [-0.15, -0.1) is 0 Å². The number of ether oxygens (including phenoxy) is 1. The topological polar surface area (TPSA) is 26.3 Å². The van der Waals surface area contributed by atoms with E-state index in [1.54, 1.807) is 13.2 Å². The molecular weight excluding hydrogens is 427 g/mol. The summed E-state index contributed by atoms with van der Waals surface area (Å²) in [6.45, 7) is 0. The average Bonchev–Trinajstić information content (AvgIpc) is 2.20. The molecule has 0 aliphatic heterocycles. The van der Waals surface area contributed by atoms with Crippen molar-refractivity contribution in [3.05, 3.63) is 25.7 Å². The van der Waals surface area contributed by atoms with E-state index in [1.807, 2.05) is 6.07 Å². The summed E-state index contributed by atoms with van der Waals surface area (Å²) in [6.07, 6.45) is 0. The van der Waals surface area contributed by atoms with E-state index in [0.717, 1.165) is 8.04 Å². The Balaban J connectivity index is 3.22. The number of Topliss-reactive ketones (excluding diaryl/α,β-unsaturated/α-hetero) is 1. The van der Waals surface area contributed by atoms with Crippen molar-refractivity contribution < 1.29 is 9.53 Å². The Kier molecular flexibility index (Phi) is 4.86. The Morgan fingerprint density at radius 1 is 1.57 bits per heavy atom. The number of hydrogen-bond donors (Lipinski definition) is 0. The number of carbonyl (C=O) groups is 1. The number of benzene rings is 1. The molecule has 0 saturated heterocycles. The van der Waals surface area contributed by atoms with Gasteiger partial charge in [-0.1, -0.05) is 15.9 Å². The number of hydrogen-bond acceptors (Lipinski definition) is 2. The number of carbonyl (C=O) groups excluding carboxylic acids is 1. The van der Waals surface area contributed by atoms with Gasteiger partial charge in [0.25, 0.3) is 0 Å². The molecule has 0 atom stereocenters. The minimum Gasteiger partial charge on any atom is -0.496 e. The number of halogens is 3. The van der Waals surface area contributed by atoms with E-state index in [9.17, 15) is 4.79 Å². The van der Waals surface area contributed by atoms with Crippen LogP contribution in [0.15, 0.2) is 16.6 Å². The molecule has 76 valence electrons. The van der Waals surface area contributed by atoms with Gasteiger partial charge >= 0.3 is 0 Å². The van der Waals surface area contributed by atoms with Crippen LogP contribution >= 0.6 is 54.5 Å². The van der Waals surface area contributed by atoms with Crippen LogP contribution in [0.1, 0.15) is 10.4 Å². The molecule has 0 radical (unpaired) electrons. The second kappa shape index (κ2) is 5.46. The molecule has 0 aliphatic carbocycles. The van der Waals surface area contributed by atoms with Crippen molar-refractivity contribution in [1.29, 1.82) is 0 Å². The van der Waals surface area contributed by atoms with Crippen LogP contribution < -0.4 is 4.74 Å². The summed E-state index contributed by atoms with van der Waals surface area (Å²) in [5, 5.41) is 0.327. The zero-order chi connectivity index (χ0) is 10.7. The van der Waals surface area contributed by atoms with Crippen LogP contribution in [0.4, 0.5) is 0 Å². The van der Waals surface area contributed by atoms with Crippen LogP contribution in [-0.4, -0.2) is 18.2 Å². The molecule has 0 saturated carbocycles. The third kappa shape index (κ3) is 2.70. The summed E-state index contributed by atoms with van der Waals surface area (Å²) < 4.78 is 6.99. The van der Waals surface area contributed by atoms with Gasteiger partial charge < -0.3 is 4.74 Å². The van der Waals surface area contributed by atoms with Gasteiger partial charge in [0.2, 0.25) is 0 Å². The Labute approximate surface area is 113 Å². The summed E-state index contributed by atoms with van der Waals surface area (Å²) >= 11 is 8.68. The largest absolute Gasteiger partial charge is 0.496 e. The predicted molar refractivity (Wildman–Crippen MR) is 71.5 cm³/mol. The second-order valence-corrected chi connectivity index (χ2v) is 5.05. The molecular formula is C9H7Br2IO2. The Morgan fingerprint density at radius 3 is 2.71 bits per heavy atom. The highest BCUT2D eigenvalue weighted by molar-refractivity contribution is 14.1. The fraction of sp³-hybridized carbons (Fsp3) is 0.222. The van der Waals surface area contributed by atoms with Crippen LogP contribution in [0, 0.1) is 3.57 Å². The normalized spacial score (nSPS) is 10.0. The van der Waals surface area contributed by atoms with Crippen molar-refractivity contribution in [2.75, 3.05) is 12.4 Å². The molecule has 5 heteroatoms. The van der Waals surface area contributed by atoms with E-state index in [1.165, 1.54) is 0 Å². The van der Waals surface area contributed by atoms with E-state index < -0.39 is 0 Å². The minimum absolute atomic E-state index is 0.0497. The first-order valence-electron chi connectivity index (χ1n) is 3.72. The Morgan fingerprint density at radius 2 is 2.21 bits per heavy atom. The lowest BCUT2D eigenvalue weighted by Crippen LogP contribution is -2.01. The number of ketones is 1. The molecule has 2 nitrogen and oxygen atoms in total. The highest BCUT2D eigenvalue weighted by atomic mass is 127.